The minimum absolute atomic E-state index is 0.719. The molecule has 1 heterocycles. The van der Waals surface area contributed by atoms with Gasteiger partial charge in [0.2, 0.25) is 0 Å². The van der Waals surface area contributed by atoms with Crippen molar-refractivity contribution in [2.75, 3.05) is 20.3 Å². The fourth-order valence-corrected chi connectivity index (χ4v) is 1.99. The molecule has 2 N–H and O–H groups in total. The lowest BCUT2D eigenvalue weighted by Crippen LogP contribution is -2.18. The van der Waals surface area contributed by atoms with Gasteiger partial charge in [-0.15, -0.1) is 0 Å². The summed E-state index contributed by atoms with van der Waals surface area (Å²) in [5.41, 5.74) is 6.06. The zero-order chi connectivity index (χ0) is 13.7. The summed E-state index contributed by atoms with van der Waals surface area (Å²) in [6, 6.07) is 6.48. The second-order valence-electron chi connectivity index (χ2n) is 4.74. The van der Waals surface area contributed by atoms with Crippen LogP contribution in [-0.4, -0.2) is 30.5 Å². The number of aromatic amines is 1. The first-order valence-corrected chi connectivity index (χ1v) is 6.52. The Morgan fingerprint density at radius 3 is 2.84 bits per heavy atom. The van der Waals surface area contributed by atoms with Gasteiger partial charge in [-0.2, -0.15) is 5.10 Å². The van der Waals surface area contributed by atoms with Crippen molar-refractivity contribution in [3.8, 4) is 11.3 Å². The molecule has 0 unspecified atom stereocenters. The van der Waals surface area contributed by atoms with Crippen LogP contribution in [0.5, 0.6) is 0 Å². The van der Waals surface area contributed by atoms with E-state index in [9.17, 15) is 0 Å². The van der Waals surface area contributed by atoms with Gasteiger partial charge in [-0.05, 0) is 31.0 Å². The van der Waals surface area contributed by atoms with E-state index in [0.29, 0.717) is 0 Å². The van der Waals surface area contributed by atoms with Crippen molar-refractivity contribution in [3.63, 3.8) is 0 Å². The van der Waals surface area contributed by atoms with E-state index in [1.54, 1.807) is 7.11 Å². The average Bonchev–Trinajstić information content (AvgIpc) is 2.86. The maximum Gasteiger partial charge on any atom is 0.0695 e. The molecule has 0 spiro atoms. The summed E-state index contributed by atoms with van der Waals surface area (Å²) < 4.78 is 5.02. The van der Waals surface area contributed by atoms with E-state index in [-0.39, 0.29) is 0 Å². The summed E-state index contributed by atoms with van der Waals surface area (Å²) >= 11 is 0. The Morgan fingerprint density at radius 2 is 2.11 bits per heavy atom. The van der Waals surface area contributed by atoms with E-state index >= 15 is 0 Å². The van der Waals surface area contributed by atoms with Crippen LogP contribution in [0.25, 0.3) is 11.3 Å². The summed E-state index contributed by atoms with van der Waals surface area (Å²) in [4.78, 5) is 0. The number of aryl methyl sites for hydroxylation is 2. The third-order valence-corrected chi connectivity index (χ3v) is 3.31. The highest BCUT2D eigenvalue weighted by molar-refractivity contribution is 5.64. The van der Waals surface area contributed by atoms with E-state index in [4.69, 9.17) is 4.74 Å². The fourth-order valence-electron chi connectivity index (χ4n) is 1.99. The van der Waals surface area contributed by atoms with Crippen LogP contribution in [0.3, 0.4) is 0 Å². The van der Waals surface area contributed by atoms with Crippen LogP contribution in [0.2, 0.25) is 0 Å². The van der Waals surface area contributed by atoms with Crippen LogP contribution in [0, 0.1) is 13.8 Å². The van der Waals surface area contributed by atoms with Crippen molar-refractivity contribution < 1.29 is 4.74 Å². The molecule has 4 heteroatoms. The highest BCUT2D eigenvalue weighted by Crippen LogP contribution is 2.23. The molecule has 1 aromatic carbocycles. The van der Waals surface area contributed by atoms with E-state index in [2.05, 4.69) is 47.6 Å². The molecule has 0 aliphatic heterocycles. The number of nitrogens with one attached hydrogen (secondary N) is 2. The van der Waals surface area contributed by atoms with Gasteiger partial charge in [-0.1, -0.05) is 12.1 Å². The molecule has 0 amide bonds. The van der Waals surface area contributed by atoms with E-state index in [0.717, 1.165) is 25.4 Å². The number of hydrogen-bond acceptors (Lipinski definition) is 3. The monoisotopic (exact) mass is 259 g/mol. The van der Waals surface area contributed by atoms with Crippen molar-refractivity contribution in [2.24, 2.45) is 0 Å². The van der Waals surface area contributed by atoms with Crippen molar-refractivity contribution in [3.05, 3.63) is 41.1 Å². The van der Waals surface area contributed by atoms with Gasteiger partial charge in [0, 0.05) is 31.3 Å². The Morgan fingerprint density at radius 1 is 1.26 bits per heavy atom. The van der Waals surface area contributed by atoms with Gasteiger partial charge < -0.3 is 10.1 Å². The van der Waals surface area contributed by atoms with Gasteiger partial charge in [0.1, 0.15) is 0 Å². The molecule has 0 bridgehead atoms. The number of benzene rings is 1. The Labute approximate surface area is 114 Å². The van der Waals surface area contributed by atoms with E-state index in [1.807, 2.05) is 6.20 Å². The number of rotatable bonds is 6. The van der Waals surface area contributed by atoms with Crippen LogP contribution in [0.15, 0.2) is 24.4 Å². The molecule has 0 saturated heterocycles. The number of aromatic nitrogens is 2. The highest BCUT2D eigenvalue weighted by Gasteiger charge is 2.08. The summed E-state index contributed by atoms with van der Waals surface area (Å²) in [6.45, 7) is 6.61. The lowest BCUT2D eigenvalue weighted by Gasteiger charge is -2.07. The third kappa shape index (κ3) is 3.43. The molecule has 4 nitrogen and oxygen atoms in total. The number of nitrogens with zero attached hydrogens (tertiary/aromatic N) is 1. The zero-order valence-corrected chi connectivity index (χ0v) is 11.8. The van der Waals surface area contributed by atoms with Crippen molar-refractivity contribution in [1.29, 1.82) is 0 Å². The molecule has 0 atom stereocenters. The number of hydrogen-bond donors (Lipinski definition) is 2. The molecule has 2 rings (SSSR count). The maximum absolute atomic E-state index is 5.02. The Kier molecular flexibility index (Phi) is 4.71. The smallest absolute Gasteiger partial charge is 0.0695 e. The first-order valence-electron chi connectivity index (χ1n) is 6.52. The molecule has 0 saturated carbocycles. The normalized spacial score (nSPS) is 10.9. The first-order chi connectivity index (χ1) is 9.22. The highest BCUT2D eigenvalue weighted by atomic mass is 16.5. The van der Waals surface area contributed by atoms with Gasteiger partial charge in [-0.3, -0.25) is 5.10 Å². The Bertz CT molecular complexity index is 534. The van der Waals surface area contributed by atoms with Gasteiger partial charge in [0.05, 0.1) is 18.5 Å². The molecule has 19 heavy (non-hydrogen) atoms. The summed E-state index contributed by atoms with van der Waals surface area (Å²) in [7, 11) is 1.71. The van der Waals surface area contributed by atoms with Crippen LogP contribution in [0.4, 0.5) is 0 Å². The number of ether oxygens (including phenoxy) is 1. The van der Waals surface area contributed by atoms with E-state index < -0.39 is 0 Å². The van der Waals surface area contributed by atoms with Crippen molar-refractivity contribution >= 4 is 0 Å². The lowest BCUT2D eigenvalue weighted by molar-refractivity contribution is 0.199. The van der Waals surface area contributed by atoms with Crippen LogP contribution in [0.1, 0.15) is 16.7 Å². The van der Waals surface area contributed by atoms with Gasteiger partial charge >= 0.3 is 0 Å². The summed E-state index contributed by atoms with van der Waals surface area (Å²) in [5, 5.41) is 10.6. The predicted molar refractivity (Wildman–Crippen MR) is 77.1 cm³/mol. The summed E-state index contributed by atoms with van der Waals surface area (Å²) in [6.07, 6.45) is 1.88. The molecule has 102 valence electrons. The minimum atomic E-state index is 0.719. The standard InChI is InChI=1S/C15H21N3O/c1-11-4-5-13(8-12(11)2)15-14(10-17-18-15)9-16-6-7-19-3/h4-5,8,10,16H,6-7,9H2,1-3H3,(H,17,18). The molecule has 2 aromatic rings. The van der Waals surface area contributed by atoms with Crippen LogP contribution < -0.4 is 5.32 Å². The minimum Gasteiger partial charge on any atom is -0.383 e. The largest absolute Gasteiger partial charge is 0.383 e. The van der Waals surface area contributed by atoms with Crippen molar-refractivity contribution in [2.45, 2.75) is 20.4 Å². The topological polar surface area (TPSA) is 49.9 Å². The fraction of sp³-hybridized carbons (Fsp3) is 0.400. The summed E-state index contributed by atoms with van der Waals surface area (Å²) in [5.74, 6) is 0. The van der Waals surface area contributed by atoms with Crippen LogP contribution in [-0.2, 0) is 11.3 Å². The zero-order valence-electron chi connectivity index (χ0n) is 11.8. The molecule has 1 aromatic heterocycles. The molecule has 0 aliphatic carbocycles. The van der Waals surface area contributed by atoms with E-state index in [1.165, 1.54) is 22.3 Å². The molecule has 0 fully saturated rings. The second kappa shape index (κ2) is 6.50. The van der Waals surface area contributed by atoms with Crippen molar-refractivity contribution in [1.82, 2.24) is 15.5 Å². The van der Waals surface area contributed by atoms with Gasteiger partial charge in [-0.25, -0.2) is 0 Å². The second-order valence-corrected chi connectivity index (χ2v) is 4.74. The van der Waals surface area contributed by atoms with Gasteiger partial charge in [0.25, 0.3) is 0 Å². The predicted octanol–water partition coefficient (Wildman–Crippen LogP) is 2.43. The Hall–Kier alpha value is -1.65. The quantitative estimate of drug-likeness (QED) is 0.783. The molecular formula is C15H21N3O. The third-order valence-electron chi connectivity index (χ3n) is 3.31. The van der Waals surface area contributed by atoms with Gasteiger partial charge in [0.15, 0.2) is 0 Å². The molecule has 0 aliphatic rings. The average molecular weight is 259 g/mol. The lowest BCUT2D eigenvalue weighted by atomic mass is 10.0. The number of methoxy groups -OCH3 is 1. The Balaban J connectivity index is 2.12. The molecule has 0 radical (unpaired) electrons. The number of H-pyrrole nitrogens is 1. The maximum atomic E-state index is 5.02. The molecular weight excluding hydrogens is 238 g/mol. The first kappa shape index (κ1) is 13.8. The van der Waals surface area contributed by atoms with Crippen LogP contribution >= 0.6 is 0 Å². The SMILES string of the molecule is COCCNCc1cn[nH]c1-c1ccc(C)c(C)c1.